The third kappa shape index (κ3) is 4.69. The number of sulfonamides is 1. The highest BCUT2D eigenvalue weighted by Gasteiger charge is 2.70. The quantitative estimate of drug-likeness (QED) is 0.449. The van der Waals surface area contributed by atoms with E-state index in [0.29, 0.717) is 5.69 Å². The zero-order chi connectivity index (χ0) is 27.3. The molecule has 0 aliphatic heterocycles. The fourth-order valence-corrected chi connectivity index (χ4v) is 8.28. The van der Waals surface area contributed by atoms with E-state index in [9.17, 15) is 18.3 Å². The summed E-state index contributed by atoms with van der Waals surface area (Å²) in [7, 11) is -3.98. The topological polar surface area (TPSA) is 83.9 Å². The van der Waals surface area contributed by atoms with Crippen molar-refractivity contribution in [3.05, 3.63) is 59.7 Å². The Hall–Kier alpha value is -2.38. The van der Waals surface area contributed by atoms with Gasteiger partial charge in [-0.2, -0.15) is 0 Å². The minimum absolute atomic E-state index is 0.00960. The van der Waals surface area contributed by atoms with Crippen LogP contribution in [0.4, 0.5) is 5.69 Å². The maximum absolute atomic E-state index is 14.4. The van der Waals surface area contributed by atoms with Gasteiger partial charge in [-0.25, -0.2) is 8.42 Å². The van der Waals surface area contributed by atoms with Crippen molar-refractivity contribution in [1.29, 1.82) is 0 Å². The second kappa shape index (κ2) is 9.73. The molecule has 2 bridgehead atoms. The third-order valence-electron chi connectivity index (χ3n) is 9.16. The standard InChI is InChI=1S/C30H41NO5S/c1-19(2)25(32)18-26(33)36-28-27(24-13-14-30(28,7)29(24,5)6)31(22-16-20(3)15-21(4)17-22)37(34,35)23-11-9-8-10-12-23/h8-12,15-17,19,24-25,27-28,32H,13-14,18H2,1-7H3/t24?,25-,27?,28?,30?/m0/s1. The molecular formula is C30H41NO5S. The first-order chi connectivity index (χ1) is 17.2. The molecule has 2 fully saturated rings. The van der Waals surface area contributed by atoms with Crippen molar-refractivity contribution in [3.8, 4) is 0 Å². The SMILES string of the molecule is Cc1cc(C)cc(N(C2C3CCC(C)(C2OC(=O)C[C@H](O)C(C)C)C3(C)C)S(=O)(=O)c2ccccc2)c1. The van der Waals surface area contributed by atoms with Gasteiger partial charge in [0.1, 0.15) is 6.10 Å². The fourth-order valence-electron chi connectivity index (χ4n) is 6.59. The predicted octanol–water partition coefficient (Wildman–Crippen LogP) is 5.64. The minimum atomic E-state index is -3.98. The van der Waals surface area contributed by atoms with E-state index < -0.39 is 39.7 Å². The molecule has 4 rings (SSSR count). The number of anilines is 1. The van der Waals surface area contributed by atoms with Crippen LogP contribution in [-0.2, 0) is 19.6 Å². The van der Waals surface area contributed by atoms with Crippen molar-refractivity contribution in [2.24, 2.45) is 22.7 Å². The molecule has 4 unspecified atom stereocenters. The summed E-state index contributed by atoms with van der Waals surface area (Å²) >= 11 is 0. The highest BCUT2D eigenvalue weighted by Crippen LogP contribution is 2.68. The van der Waals surface area contributed by atoms with Crippen LogP contribution in [0.25, 0.3) is 0 Å². The van der Waals surface area contributed by atoms with E-state index in [1.807, 2.05) is 45.9 Å². The Bertz CT molecular complexity index is 1240. The number of aliphatic hydroxyl groups is 1. The first-order valence-electron chi connectivity index (χ1n) is 13.3. The summed E-state index contributed by atoms with van der Waals surface area (Å²) in [4.78, 5) is 13.3. The van der Waals surface area contributed by atoms with Gasteiger partial charge in [0.2, 0.25) is 0 Å². The number of carbonyl (C=O) groups excluding carboxylic acids is 1. The van der Waals surface area contributed by atoms with Crippen molar-refractivity contribution in [3.63, 3.8) is 0 Å². The number of fused-ring (bicyclic) bond motifs is 2. The Kier molecular flexibility index (Phi) is 7.27. The normalized spacial score (nSPS) is 27.3. The van der Waals surface area contributed by atoms with E-state index >= 15 is 0 Å². The van der Waals surface area contributed by atoms with Gasteiger partial charge in [0.05, 0.1) is 29.1 Å². The first-order valence-corrected chi connectivity index (χ1v) is 14.7. The van der Waals surface area contributed by atoms with E-state index in [4.69, 9.17) is 4.74 Å². The Balaban J connectivity index is 1.87. The zero-order valence-corrected chi connectivity index (χ0v) is 23.9. The molecular weight excluding hydrogens is 486 g/mol. The summed E-state index contributed by atoms with van der Waals surface area (Å²) in [6.07, 6.45) is 0.124. The second-order valence-electron chi connectivity index (χ2n) is 12.2. The summed E-state index contributed by atoms with van der Waals surface area (Å²) in [5.41, 5.74) is 1.84. The molecule has 7 heteroatoms. The molecule has 202 valence electrons. The van der Waals surface area contributed by atoms with Crippen LogP contribution < -0.4 is 4.31 Å². The molecule has 0 aromatic heterocycles. The van der Waals surface area contributed by atoms with Gasteiger partial charge < -0.3 is 9.84 Å². The number of aryl methyl sites for hydroxylation is 2. The monoisotopic (exact) mass is 527 g/mol. The van der Waals surface area contributed by atoms with Crippen molar-refractivity contribution in [2.75, 3.05) is 4.31 Å². The van der Waals surface area contributed by atoms with E-state index in [1.165, 1.54) is 4.31 Å². The largest absolute Gasteiger partial charge is 0.459 e. The lowest BCUT2D eigenvalue weighted by molar-refractivity contribution is -0.160. The number of rotatable bonds is 8. The molecule has 0 amide bonds. The fraction of sp³-hybridized carbons (Fsp3) is 0.567. The van der Waals surface area contributed by atoms with Gasteiger partial charge >= 0.3 is 5.97 Å². The van der Waals surface area contributed by atoms with Gasteiger partial charge in [0.25, 0.3) is 10.0 Å². The lowest BCUT2D eigenvalue weighted by Gasteiger charge is -2.43. The smallest absolute Gasteiger partial charge is 0.308 e. The van der Waals surface area contributed by atoms with E-state index in [0.717, 1.165) is 24.0 Å². The predicted molar refractivity (Wildman–Crippen MR) is 146 cm³/mol. The van der Waals surface area contributed by atoms with Crippen LogP contribution in [0.2, 0.25) is 0 Å². The maximum Gasteiger partial charge on any atom is 0.308 e. The van der Waals surface area contributed by atoms with Gasteiger partial charge in [-0.05, 0) is 79.3 Å². The third-order valence-corrected chi connectivity index (χ3v) is 11.0. The molecule has 2 aliphatic rings. The van der Waals surface area contributed by atoms with Crippen LogP contribution in [0, 0.1) is 36.5 Å². The van der Waals surface area contributed by atoms with Crippen LogP contribution >= 0.6 is 0 Å². The number of hydrogen-bond acceptors (Lipinski definition) is 5. The molecule has 2 saturated carbocycles. The van der Waals surface area contributed by atoms with Crippen LogP contribution in [0.5, 0.6) is 0 Å². The van der Waals surface area contributed by atoms with Crippen LogP contribution in [0.3, 0.4) is 0 Å². The number of hydrogen-bond donors (Lipinski definition) is 1. The van der Waals surface area contributed by atoms with Crippen LogP contribution in [-0.4, -0.2) is 37.7 Å². The highest BCUT2D eigenvalue weighted by molar-refractivity contribution is 7.92. The van der Waals surface area contributed by atoms with Gasteiger partial charge in [-0.15, -0.1) is 0 Å². The maximum atomic E-state index is 14.4. The molecule has 2 aromatic rings. The van der Waals surface area contributed by atoms with Gasteiger partial charge in [0, 0.05) is 5.41 Å². The summed E-state index contributed by atoms with van der Waals surface area (Å²) in [6, 6.07) is 13.7. The Labute approximate surface area is 222 Å². The average molecular weight is 528 g/mol. The number of ether oxygens (including phenoxy) is 1. The number of benzene rings is 2. The van der Waals surface area contributed by atoms with Crippen molar-refractivity contribution < 1.29 is 23.1 Å². The summed E-state index contributed by atoms with van der Waals surface area (Å²) < 4.78 is 36.5. The van der Waals surface area contributed by atoms with Crippen molar-refractivity contribution in [2.45, 2.75) is 90.9 Å². The average Bonchev–Trinajstić information content (AvgIpc) is 3.12. The van der Waals surface area contributed by atoms with Gasteiger partial charge in [0.15, 0.2) is 0 Å². The molecule has 0 spiro atoms. The van der Waals surface area contributed by atoms with E-state index in [2.05, 4.69) is 20.8 Å². The summed E-state index contributed by atoms with van der Waals surface area (Å²) in [6.45, 7) is 14.1. The van der Waals surface area contributed by atoms with E-state index in [-0.39, 0.29) is 28.6 Å². The molecule has 1 N–H and O–H groups in total. The van der Waals surface area contributed by atoms with Crippen LogP contribution in [0.1, 0.15) is 65.0 Å². The van der Waals surface area contributed by atoms with Gasteiger partial charge in [-0.1, -0.05) is 58.9 Å². The lowest BCUT2D eigenvalue weighted by atomic mass is 9.70. The zero-order valence-electron chi connectivity index (χ0n) is 23.1. The molecule has 6 nitrogen and oxygen atoms in total. The van der Waals surface area contributed by atoms with E-state index in [1.54, 1.807) is 30.3 Å². The molecule has 0 radical (unpaired) electrons. The minimum Gasteiger partial charge on any atom is -0.459 e. The Morgan fingerprint density at radius 1 is 1.08 bits per heavy atom. The number of carbonyl (C=O) groups is 1. The van der Waals surface area contributed by atoms with Crippen molar-refractivity contribution in [1.82, 2.24) is 0 Å². The number of nitrogens with zero attached hydrogens (tertiary/aromatic N) is 1. The summed E-state index contributed by atoms with van der Waals surface area (Å²) in [5, 5.41) is 10.4. The molecule has 0 saturated heterocycles. The molecule has 0 heterocycles. The molecule has 2 aliphatic carbocycles. The Morgan fingerprint density at radius 3 is 2.24 bits per heavy atom. The van der Waals surface area contributed by atoms with Crippen LogP contribution in [0.15, 0.2) is 53.4 Å². The number of aliphatic hydroxyl groups excluding tert-OH is 1. The number of esters is 1. The first kappa shape index (κ1) is 27.6. The van der Waals surface area contributed by atoms with Crippen molar-refractivity contribution >= 4 is 21.7 Å². The molecule has 37 heavy (non-hydrogen) atoms. The summed E-state index contributed by atoms with van der Waals surface area (Å²) in [5.74, 6) is -0.580. The second-order valence-corrected chi connectivity index (χ2v) is 14.0. The Morgan fingerprint density at radius 2 is 1.68 bits per heavy atom. The van der Waals surface area contributed by atoms with Gasteiger partial charge in [-0.3, -0.25) is 9.10 Å². The lowest BCUT2D eigenvalue weighted by Crippen LogP contribution is -2.54. The molecule has 5 atom stereocenters. The molecule has 2 aromatic carbocycles. The highest BCUT2D eigenvalue weighted by atomic mass is 32.2.